The van der Waals surface area contributed by atoms with Gasteiger partial charge in [-0.05, 0) is 0 Å². The molecule has 0 atom stereocenters. The average Bonchev–Trinajstić information content (AvgIpc) is 1.70. The Balaban J connectivity index is -0.0000000150. The van der Waals surface area contributed by atoms with Gasteiger partial charge in [-0.15, -0.1) is 0 Å². The first-order valence-corrected chi connectivity index (χ1v) is 1.32. The van der Waals surface area contributed by atoms with Gasteiger partial charge in [-0.2, -0.15) is 10.5 Å². The monoisotopic (exact) mass is 225 g/mol. The Bertz CT molecular complexity index is 117. The SMILES string of the molecule is N#CO.N#CO.N#C[O-].[K+].[Ni]. The van der Waals surface area contributed by atoms with Crippen molar-refractivity contribution in [3.05, 3.63) is 0 Å². The third-order valence-electron chi connectivity index (χ3n) is 0. The van der Waals surface area contributed by atoms with Crippen LogP contribution in [0.25, 0.3) is 0 Å². The Morgan fingerprint density at radius 2 is 1.00 bits per heavy atom. The van der Waals surface area contributed by atoms with Crippen LogP contribution in [0.4, 0.5) is 0 Å². The molecule has 0 aliphatic heterocycles. The topological polar surface area (TPSA) is 135 Å². The number of aliphatic hydroxyl groups excluding tert-OH is 2. The summed E-state index contributed by atoms with van der Waals surface area (Å²) in [6.07, 6.45) is 2.00. The number of aliphatic hydroxyl groups is 2. The number of rotatable bonds is 0. The Labute approximate surface area is 116 Å². The van der Waals surface area contributed by atoms with E-state index in [9.17, 15) is 0 Å². The fourth-order valence-corrected chi connectivity index (χ4v) is 0. The van der Waals surface area contributed by atoms with Gasteiger partial charge in [-0.3, -0.25) is 0 Å². The molecule has 0 radical (unpaired) electrons. The van der Waals surface area contributed by atoms with Crippen molar-refractivity contribution in [2.75, 3.05) is 0 Å². The predicted molar refractivity (Wildman–Crippen MR) is 20.7 cm³/mol. The minimum Gasteiger partial charge on any atom is -0.812 e. The minimum absolute atomic E-state index is 0. The number of hydrogen-bond donors (Lipinski definition) is 2. The van der Waals surface area contributed by atoms with Crippen molar-refractivity contribution in [2.45, 2.75) is 0 Å². The van der Waals surface area contributed by atoms with E-state index in [0.717, 1.165) is 12.5 Å². The Morgan fingerprint density at radius 1 is 1.00 bits per heavy atom. The van der Waals surface area contributed by atoms with E-state index in [1.54, 1.807) is 0 Å². The fourth-order valence-electron chi connectivity index (χ4n) is 0. The van der Waals surface area contributed by atoms with Crippen LogP contribution in [0, 0.1) is 34.6 Å². The molecular weight excluding hydrogens is 224 g/mol. The van der Waals surface area contributed by atoms with E-state index >= 15 is 0 Å². The molecule has 6 nitrogen and oxygen atoms in total. The smallest absolute Gasteiger partial charge is 0.812 e. The van der Waals surface area contributed by atoms with Crippen LogP contribution < -0.4 is 56.5 Å². The molecule has 0 aromatic heterocycles. The van der Waals surface area contributed by atoms with Gasteiger partial charge in [-0.25, -0.2) is 5.26 Å². The van der Waals surface area contributed by atoms with Gasteiger partial charge in [0.25, 0.3) is 12.5 Å². The first kappa shape index (κ1) is 30.6. The Morgan fingerprint density at radius 3 is 1.00 bits per heavy atom. The van der Waals surface area contributed by atoms with E-state index < -0.39 is 0 Å². The van der Waals surface area contributed by atoms with E-state index in [4.69, 9.17) is 31.1 Å². The maximum Gasteiger partial charge on any atom is 1.00 e. The van der Waals surface area contributed by atoms with Crippen LogP contribution in [0.15, 0.2) is 0 Å². The van der Waals surface area contributed by atoms with Crippen molar-refractivity contribution < 1.29 is 83.2 Å². The van der Waals surface area contributed by atoms with Gasteiger partial charge in [0.15, 0.2) is 0 Å². The molecule has 0 bridgehead atoms. The summed E-state index contributed by atoms with van der Waals surface area (Å²) in [6, 6.07) is 0. The zero-order valence-corrected chi connectivity index (χ0v) is 9.57. The van der Waals surface area contributed by atoms with Crippen molar-refractivity contribution in [3.63, 3.8) is 0 Å². The molecule has 0 fully saturated rings. The van der Waals surface area contributed by atoms with Crippen LogP contribution in [0.3, 0.4) is 0 Å². The molecule has 0 aliphatic carbocycles. The van der Waals surface area contributed by atoms with Crippen LogP contribution in [-0.2, 0) is 16.5 Å². The standard InChI is InChI=1S/3CHNO.K.Ni/c3*2-1-3;;/h3*3H;;/q;;;+1;/p-1. The normalized spacial score (nSPS) is 1.91. The molecule has 0 aromatic rings. The summed E-state index contributed by atoms with van der Waals surface area (Å²) < 4.78 is 0. The zero-order chi connectivity index (χ0) is 8.12. The van der Waals surface area contributed by atoms with E-state index in [1.807, 2.05) is 0 Å². The van der Waals surface area contributed by atoms with Crippen molar-refractivity contribution in [2.24, 2.45) is 0 Å². The average molecular weight is 226 g/mol. The summed E-state index contributed by atoms with van der Waals surface area (Å²) in [5, 5.41) is 42.5. The predicted octanol–water partition coefficient (Wildman–Crippen LogP) is -4.49. The van der Waals surface area contributed by atoms with E-state index in [-0.39, 0.29) is 67.9 Å². The van der Waals surface area contributed by atoms with Gasteiger partial charge in [-0.1, -0.05) is 0 Å². The molecule has 2 N–H and O–H groups in total. The fraction of sp³-hybridized carbons (Fsp3) is 0. The van der Waals surface area contributed by atoms with Crippen LogP contribution >= 0.6 is 0 Å². The summed E-state index contributed by atoms with van der Waals surface area (Å²) in [5.74, 6) is 0. The van der Waals surface area contributed by atoms with E-state index in [2.05, 4.69) is 0 Å². The largest absolute Gasteiger partial charge is 1.00 e. The van der Waals surface area contributed by atoms with Crippen LogP contribution in [0.5, 0.6) is 0 Å². The molecule has 0 rings (SSSR count). The summed E-state index contributed by atoms with van der Waals surface area (Å²) in [4.78, 5) is 0. The molecule has 0 saturated carbocycles. The molecule has 0 spiro atoms. The first-order valence-electron chi connectivity index (χ1n) is 1.32. The zero-order valence-electron chi connectivity index (χ0n) is 5.46. The summed E-state index contributed by atoms with van der Waals surface area (Å²) >= 11 is 0. The van der Waals surface area contributed by atoms with Gasteiger partial charge < -0.3 is 15.3 Å². The quantitative estimate of drug-likeness (QED) is 0.315. The summed E-state index contributed by atoms with van der Waals surface area (Å²) in [7, 11) is 0. The van der Waals surface area contributed by atoms with E-state index in [0.29, 0.717) is 6.26 Å². The molecule has 58 valence electrons. The maximum absolute atomic E-state index is 8.24. The van der Waals surface area contributed by atoms with Gasteiger partial charge in [0.05, 0.1) is 0 Å². The Hall–Kier alpha value is -0.000130. The molecule has 0 aliphatic rings. The van der Waals surface area contributed by atoms with Gasteiger partial charge in [0.1, 0.15) is 0 Å². The number of nitrogens with zero attached hydrogens (tertiary/aromatic N) is 3. The van der Waals surface area contributed by atoms with Crippen LogP contribution in [-0.4, -0.2) is 10.2 Å². The van der Waals surface area contributed by atoms with Gasteiger partial charge in [0.2, 0.25) is 0 Å². The molecule has 0 unspecified atom stereocenters. The number of hydrogen-bond acceptors (Lipinski definition) is 6. The second kappa shape index (κ2) is 90.0. The molecule has 8 heteroatoms. The maximum atomic E-state index is 8.24. The van der Waals surface area contributed by atoms with Gasteiger partial charge >= 0.3 is 51.4 Å². The third-order valence-corrected chi connectivity index (χ3v) is 0. The molecule has 0 amide bonds. The molecule has 11 heavy (non-hydrogen) atoms. The molecule has 0 heterocycles. The summed E-state index contributed by atoms with van der Waals surface area (Å²) in [5.41, 5.74) is 0. The van der Waals surface area contributed by atoms with Gasteiger partial charge in [0, 0.05) is 22.7 Å². The summed E-state index contributed by atoms with van der Waals surface area (Å²) in [6.45, 7) is 0. The first-order chi connectivity index (χ1) is 4.24. The molecule has 0 aromatic carbocycles. The molecule has 0 saturated heterocycles. The molecular formula is C3H2KN3NiO3. The minimum atomic E-state index is 0. The van der Waals surface area contributed by atoms with Crippen molar-refractivity contribution in [1.29, 1.82) is 15.8 Å². The van der Waals surface area contributed by atoms with E-state index in [1.165, 1.54) is 0 Å². The van der Waals surface area contributed by atoms with Crippen LogP contribution in [0.2, 0.25) is 0 Å². The second-order valence-corrected chi connectivity index (χ2v) is 0.291. The second-order valence-electron chi connectivity index (χ2n) is 0.291. The third kappa shape index (κ3) is 37900000000. The van der Waals surface area contributed by atoms with Crippen LogP contribution in [0.1, 0.15) is 0 Å². The van der Waals surface area contributed by atoms with Crippen molar-refractivity contribution in [1.82, 2.24) is 0 Å². The van der Waals surface area contributed by atoms with Crippen molar-refractivity contribution >= 4 is 0 Å². The Kier molecular flexibility index (Phi) is 250. The number of nitriles is 3. The van der Waals surface area contributed by atoms with Crippen molar-refractivity contribution in [3.8, 4) is 18.8 Å².